The third kappa shape index (κ3) is 2.82. The number of ketones is 1. The van der Waals surface area contributed by atoms with Crippen molar-refractivity contribution in [3.8, 4) is 0 Å². The third-order valence-electron chi connectivity index (χ3n) is 12.8. The molecule has 5 rings (SSSR count). The molecule has 5 fully saturated rings. The van der Waals surface area contributed by atoms with Gasteiger partial charge in [-0.15, -0.1) is 0 Å². The first-order chi connectivity index (χ1) is 15.0. The number of methoxy groups -OCH3 is 1. The van der Waals surface area contributed by atoms with Crippen molar-refractivity contribution in [1.29, 1.82) is 0 Å². The van der Waals surface area contributed by atoms with Gasteiger partial charge in [-0.3, -0.25) is 4.79 Å². The van der Waals surface area contributed by atoms with Crippen LogP contribution in [0.1, 0.15) is 92.9 Å². The summed E-state index contributed by atoms with van der Waals surface area (Å²) in [6.07, 6.45) is 10.2. The van der Waals surface area contributed by atoms with Gasteiger partial charge in [0.05, 0.1) is 6.10 Å². The summed E-state index contributed by atoms with van der Waals surface area (Å²) in [7, 11) is 1.97. The quantitative estimate of drug-likeness (QED) is 0.536. The molecule has 3 nitrogen and oxygen atoms in total. The lowest BCUT2D eigenvalue weighted by Crippen LogP contribution is -2.57. The van der Waals surface area contributed by atoms with Gasteiger partial charge in [0.25, 0.3) is 0 Å². The highest BCUT2D eigenvalue weighted by atomic mass is 16.5. The smallest absolute Gasteiger partial charge is 0.164 e. The van der Waals surface area contributed by atoms with E-state index in [4.69, 9.17) is 4.74 Å². The highest BCUT2D eigenvalue weighted by molar-refractivity contribution is 5.85. The molecule has 0 aromatic heterocycles. The van der Waals surface area contributed by atoms with Crippen LogP contribution in [0.5, 0.6) is 0 Å². The fourth-order valence-corrected chi connectivity index (χ4v) is 10.6. The van der Waals surface area contributed by atoms with E-state index in [0.717, 1.165) is 23.7 Å². The van der Waals surface area contributed by atoms with Gasteiger partial charge in [0.2, 0.25) is 0 Å². The van der Waals surface area contributed by atoms with Crippen molar-refractivity contribution in [3.05, 3.63) is 0 Å². The van der Waals surface area contributed by atoms with Crippen molar-refractivity contribution in [2.75, 3.05) is 7.11 Å². The molecule has 1 spiro atoms. The summed E-state index contributed by atoms with van der Waals surface area (Å²) in [6.45, 7) is 13.5. The van der Waals surface area contributed by atoms with Crippen LogP contribution in [-0.4, -0.2) is 30.2 Å². The Morgan fingerprint density at radius 2 is 1.72 bits per heavy atom. The molecule has 0 radical (unpaired) electrons. The first-order valence-electron chi connectivity index (χ1n) is 13.8. The second kappa shape index (κ2) is 7.54. The van der Waals surface area contributed by atoms with E-state index in [9.17, 15) is 9.90 Å². The average Bonchev–Trinajstić information content (AvgIpc) is 3.28. The zero-order chi connectivity index (χ0) is 23.2. The fraction of sp³-hybridized carbons (Fsp3) is 0.966. The zero-order valence-electron chi connectivity index (χ0n) is 21.7. The number of carbonyl (C=O) groups is 1. The second-order valence-corrected chi connectivity index (χ2v) is 13.7. The van der Waals surface area contributed by atoms with Crippen molar-refractivity contribution < 1.29 is 14.6 Å². The van der Waals surface area contributed by atoms with Gasteiger partial charge in [0.15, 0.2) is 5.78 Å². The maximum atomic E-state index is 13.0. The number of carbonyl (C=O) groups excluding carboxylic acids is 1. The largest absolute Gasteiger partial charge is 0.385 e. The monoisotopic (exact) mass is 444 g/mol. The lowest BCUT2D eigenvalue weighted by molar-refractivity contribution is -0.163. The maximum absolute atomic E-state index is 13.0. The van der Waals surface area contributed by atoms with E-state index in [-0.39, 0.29) is 29.0 Å². The Hall–Kier alpha value is -0.410. The Kier molecular flexibility index (Phi) is 5.50. The molecule has 0 aromatic carbocycles. The number of hydrogen-bond donors (Lipinski definition) is 1. The van der Waals surface area contributed by atoms with Crippen LogP contribution in [0.3, 0.4) is 0 Å². The van der Waals surface area contributed by atoms with Gasteiger partial charge in [-0.2, -0.15) is 0 Å². The summed E-state index contributed by atoms with van der Waals surface area (Å²) in [4.78, 5) is 13.0. The minimum absolute atomic E-state index is 0.0540. The molecule has 5 aliphatic rings. The topological polar surface area (TPSA) is 46.5 Å². The molecule has 0 heterocycles. The van der Waals surface area contributed by atoms with E-state index in [1.807, 2.05) is 14.0 Å². The number of fused-ring (bicyclic) bond motifs is 4. The lowest BCUT2D eigenvalue weighted by atomic mass is 9.45. The molecule has 12 atom stereocenters. The molecule has 0 amide bonds. The number of aliphatic hydroxyl groups excluding tert-OH is 1. The highest BCUT2D eigenvalue weighted by Crippen LogP contribution is 2.82. The summed E-state index contributed by atoms with van der Waals surface area (Å²) in [5.74, 6) is 4.03. The van der Waals surface area contributed by atoms with Crippen LogP contribution >= 0.6 is 0 Å². The Morgan fingerprint density at radius 3 is 2.34 bits per heavy atom. The van der Waals surface area contributed by atoms with E-state index in [1.54, 1.807) is 0 Å². The van der Waals surface area contributed by atoms with E-state index in [1.165, 1.54) is 51.4 Å². The number of rotatable bonds is 6. The molecular formula is C29H48O3. The summed E-state index contributed by atoms with van der Waals surface area (Å²) in [5.41, 5.74) is 1.20. The molecule has 1 N–H and O–H groups in total. The Balaban J connectivity index is 1.38. The van der Waals surface area contributed by atoms with Crippen LogP contribution in [0.4, 0.5) is 0 Å². The summed E-state index contributed by atoms with van der Waals surface area (Å²) in [5, 5.41) is 11.1. The SMILES string of the molecule is CO[C@@H]1C[C@H]2[C@@H]3CC[C@H]([C@H](C)[C@@H](O)C(=O)[C@@H](C)C(C)C)[C@@]3(C)CC[C@@H]2[C@@]2(C)CC[C@@H]3C[C@]312. The summed E-state index contributed by atoms with van der Waals surface area (Å²) < 4.78 is 6.25. The molecule has 0 saturated heterocycles. The zero-order valence-corrected chi connectivity index (χ0v) is 21.7. The molecule has 5 aliphatic carbocycles. The predicted molar refractivity (Wildman–Crippen MR) is 128 cm³/mol. The van der Waals surface area contributed by atoms with Crippen LogP contribution in [0.25, 0.3) is 0 Å². The van der Waals surface area contributed by atoms with Crippen LogP contribution in [0.2, 0.25) is 0 Å². The van der Waals surface area contributed by atoms with Gasteiger partial charge < -0.3 is 9.84 Å². The van der Waals surface area contributed by atoms with Gasteiger partial charge in [0, 0.05) is 18.4 Å². The molecule has 0 aromatic rings. The summed E-state index contributed by atoms with van der Waals surface area (Å²) >= 11 is 0. The van der Waals surface area contributed by atoms with E-state index < -0.39 is 6.10 Å². The van der Waals surface area contributed by atoms with Crippen molar-refractivity contribution in [1.82, 2.24) is 0 Å². The molecule has 3 heteroatoms. The van der Waals surface area contributed by atoms with Crippen molar-refractivity contribution >= 4 is 5.78 Å². The number of Topliss-reactive ketones (excluding diaryl/α,β-unsaturated/α-hetero) is 1. The predicted octanol–water partition coefficient (Wildman–Crippen LogP) is 6.13. The molecule has 5 saturated carbocycles. The van der Waals surface area contributed by atoms with Crippen LogP contribution < -0.4 is 0 Å². The van der Waals surface area contributed by atoms with Gasteiger partial charge >= 0.3 is 0 Å². The van der Waals surface area contributed by atoms with Crippen molar-refractivity contribution in [2.24, 2.45) is 63.6 Å². The number of ether oxygens (including phenoxy) is 1. The first kappa shape index (κ1) is 23.3. The lowest BCUT2D eigenvalue weighted by Gasteiger charge is -2.61. The fourth-order valence-electron chi connectivity index (χ4n) is 10.6. The molecule has 0 unspecified atom stereocenters. The third-order valence-corrected chi connectivity index (χ3v) is 12.8. The minimum Gasteiger partial charge on any atom is -0.385 e. The Bertz CT molecular complexity index is 762. The highest BCUT2D eigenvalue weighted by Gasteiger charge is 2.77. The Morgan fingerprint density at radius 1 is 1.00 bits per heavy atom. The first-order valence-corrected chi connectivity index (χ1v) is 13.8. The minimum atomic E-state index is -0.813. The second-order valence-electron chi connectivity index (χ2n) is 13.7. The van der Waals surface area contributed by atoms with E-state index in [0.29, 0.717) is 22.9 Å². The molecule has 182 valence electrons. The van der Waals surface area contributed by atoms with Crippen molar-refractivity contribution in [3.63, 3.8) is 0 Å². The molecule has 0 aliphatic heterocycles. The number of aliphatic hydroxyl groups is 1. The van der Waals surface area contributed by atoms with E-state index in [2.05, 4.69) is 34.6 Å². The van der Waals surface area contributed by atoms with E-state index >= 15 is 0 Å². The van der Waals surface area contributed by atoms with Gasteiger partial charge in [-0.05, 0) is 104 Å². The molecule has 32 heavy (non-hydrogen) atoms. The average molecular weight is 445 g/mol. The molecular weight excluding hydrogens is 396 g/mol. The molecule has 0 bridgehead atoms. The van der Waals surface area contributed by atoms with Gasteiger partial charge in [0.1, 0.15) is 6.10 Å². The Labute approximate surface area is 196 Å². The standard InChI is InChI=1S/C29H48O3/c1-16(2)17(3)25(30)26(31)18(4)21-8-9-22-20-14-24(32-7)29-15-19(29)10-13-28(29,6)23(20)11-12-27(21,22)5/h16-24,26,31H,8-15H2,1-7H3/t17-,18-,19+,20-,21+,22-,23-,24+,26+,27+,28+,29-/m0/s1. The number of hydrogen-bond acceptors (Lipinski definition) is 3. The normalized spacial score (nSPS) is 51.9. The van der Waals surface area contributed by atoms with Crippen LogP contribution in [-0.2, 0) is 9.53 Å². The van der Waals surface area contributed by atoms with Gasteiger partial charge in [-0.25, -0.2) is 0 Å². The maximum Gasteiger partial charge on any atom is 0.164 e. The van der Waals surface area contributed by atoms with Crippen molar-refractivity contribution in [2.45, 2.75) is 105 Å². The van der Waals surface area contributed by atoms with Crippen LogP contribution in [0.15, 0.2) is 0 Å². The summed E-state index contributed by atoms with van der Waals surface area (Å²) in [6, 6.07) is 0. The van der Waals surface area contributed by atoms with Gasteiger partial charge in [-0.1, -0.05) is 41.5 Å². The van der Waals surface area contributed by atoms with Crippen LogP contribution in [0, 0.1) is 63.6 Å².